The fraction of sp³-hybridized carbons (Fsp3) is 0.727. The van der Waals surface area contributed by atoms with E-state index in [4.69, 9.17) is 4.98 Å². The summed E-state index contributed by atoms with van der Waals surface area (Å²) in [5.41, 5.74) is 1.36. The van der Waals surface area contributed by atoms with Crippen LogP contribution in [0.1, 0.15) is 36.4 Å². The van der Waals surface area contributed by atoms with Crippen LogP contribution in [-0.2, 0) is 6.42 Å². The van der Waals surface area contributed by atoms with E-state index in [1.807, 2.05) is 11.3 Å². The summed E-state index contributed by atoms with van der Waals surface area (Å²) in [6.07, 6.45) is 3.83. The molecule has 2 unspecified atom stereocenters. The second kappa shape index (κ2) is 3.46. The zero-order valence-electron chi connectivity index (χ0n) is 9.29. The summed E-state index contributed by atoms with van der Waals surface area (Å²) in [6, 6.07) is 1.41. The third kappa shape index (κ3) is 1.39. The standard InChI is InChI=1S/C11H17N3S/c1-3-12-11-13-8-6-7-4-5-9(14(7)2)10(8)15-11/h7,9H,3-6H2,1-2H3,(H,12,13). The van der Waals surface area contributed by atoms with E-state index in [0.717, 1.165) is 24.1 Å². The lowest BCUT2D eigenvalue weighted by molar-refractivity contribution is 0.226. The van der Waals surface area contributed by atoms with Crippen LogP contribution in [0, 0.1) is 0 Å². The summed E-state index contributed by atoms with van der Waals surface area (Å²) >= 11 is 1.86. The molecule has 3 heterocycles. The highest BCUT2D eigenvalue weighted by Crippen LogP contribution is 2.45. The van der Waals surface area contributed by atoms with Crippen molar-refractivity contribution in [3.05, 3.63) is 10.6 Å². The SMILES string of the molecule is CCNc1nc2c(s1)C1CCC(C2)N1C. The molecule has 15 heavy (non-hydrogen) atoms. The van der Waals surface area contributed by atoms with Crippen molar-refractivity contribution >= 4 is 16.5 Å². The molecule has 0 amide bonds. The van der Waals surface area contributed by atoms with E-state index < -0.39 is 0 Å². The van der Waals surface area contributed by atoms with Crippen molar-refractivity contribution in [2.24, 2.45) is 0 Å². The van der Waals surface area contributed by atoms with Crippen molar-refractivity contribution in [3.63, 3.8) is 0 Å². The third-order valence-corrected chi connectivity index (χ3v) is 4.78. The van der Waals surface area contributed by atoms with Crippen LogP contribution in [0.25, 0.3) is 0 Å². The van der Waals surface area contributed by atoms with Gasteiger partial charge in [-0.2, -0.15) is 0 Å². The highest BCUT2D eigenvalue weighted by Gasteiger charge is 2.39. The lowest BCUT2D eigenvalue weighted by atomic mass is 10.1. The summed E-state index contributed by atoms with van der Waals surface area (Å²) < 4.78 is 0. The summed E-state index contributed by atoms with van der Waals surface area (Å²) in [4.78, 5) is 8.75. The van der Waals surface area contributed by atoms with Gasteiger partial charge in [-0.3, -0.25) is 4.90 Å². The molecular weight excluding hydrogens is 206 g/mol. The number of hydrogen-bond donors (Lipinski definition) is 1. The normalized spacial score (nSPS) is 29.2. The van der Waals surface area contributed by atoms with Gasteiger partial charge in [0.15, 0.2) is 5.13 Å². The molecule has 3 rings (SSSR count). The molecule has 0 saturated carbocycles. The molecule has 1 saturated heterocycles. The highest BCUT2D eigenvalue weighted by atomic mass is 32.1. The minimum absolute atomic E-state index is 0.656. The molecule has 1 fully saturated rings. The number of likely N-dealkylation sites (N-methyl/N-ethyl adjacent to an activating group) is 1. The Morgan fingerprint density at radius 3 is 3.20 bits per heavy atom. The Morgan fingerprint density at radius 1 is 1.53 bits per heavy atom. The molecule has 0 radical (unpaired) electrons. The van der Waals surface area contributed by atoms with E-state index in [-0.39, 0.29) is 0 Å². The molecular formula is C11H17N3S. The van der Waals surface area contributed by atoms with Gasteiger partial charge in [-0.15, -0.1) is 11.3 Å². The van der Waals surface area contributed by atoms with E-state index in [1.165, 1.54) is 23.4 Å². The summed E-state index contributed by atoms with van der Waals surface area (Å²) in [5.74, 6) is 0. The van der Waals surface area contributed by atoms with Crippen LogP contribution < -0.4 is 5.32 Å². The summed E-state index contributed by atoms with van der Waals surface area (Å²) in [6.45, 7) is 3.09. The Kier molecular flexibility index (Phi) is 2.21. The first-order chi connectivity index (χ1) is 7.29. The molecule has 2 aliphatic heterocycles. The first-order valence-electron chi connectivity index (χ1n) is 5.75. The van der Waals surface area contributed by atoms with Crippen LogP contribution in [0.2, 0.25) is 0 Å². The van der Waals surface area contributed by atoms with Gasteiger partial charge in [-0.05, 0) is 26.8 Å². The maximum absolute atomic E-state index is 4.70. The van der Waals surface area contributed by atoms with Crippen LogP contribution in [0.3, 0.4) is 0 Å². The Hall–Kier alpha value is -0.610. The molecule has 3 nitrogen and oxygen atoms in total. The van der Waals surface area contributed by atoms with Gasteiger partial charge in [-0.25, -0.2) is 4.98 Å². The quantitative estimate of drug-likeness (QED) is 0.833. The van der Waals surface area contributed by atoms with Gasteiger partial charge in [0.05, 0.1) is 5.69 Å². The van der Waals surface area contributed by atoms with E-state index in [1.54, 1.807) is 0 Å². The Bertz CT molecular complexity index is 374. The van der Waals surface area contributed by atoms with Crippen LogP contribution in [0.4, 0.5) is 5.13 Å². The van der Waals surface area contributed by atoms with Crippen molar-refractivity contribution in [3.8, 4) is 0 Å². The fourth-order valence-electron chi connectivity index (χ4n) is 2.79. The maximum atomic E-state index is 4.70. The van der Waals surface area contributed by atoms with E-state index in [2.05, 4.69) is 24.2 Å². The zero-order chi connectivity index (χ0) is 10.4. The number of nitrogens with zero attached hydrogens (tertiary/aromatic N) is 2. The number of thiazole rings is 1. The van der Waals surface area contributed by atoms with Gasteiger partial charge >= 0.3 is 0 Å². The smallest absolute Gasteiger partial charge is 0.183 e. The van der Waals surface area contributed by atoms with Gasteiger partial charge in [-0.1, -0.05) is 0 Å². The number of hydrogen-bond acceptors (Lipinski definition) is 4. The van der Waals surface area contributed by atoms with E-state index in [0.29, 0.717) is 6.04 Å². The molecule has 1 N–H and O–H groups in total. The molecule has 2 bridgehead atoms. The van der Waals surface area contributed by atoms with Crippen molar-refractivity contribution in [1.29, 1.82) is 0 Å². The maximum Gasteiger partial charge on any atom is 0.183 e. The molecule has 2 aliphatic rings. The molecule has 1 aromatic heterocycles. The Labute approximate surface area is 94.5 Å². The van der Waals surface area contributed by atoms with Gasteiger partial charge in [0, 0.05) is 29.9 Å². The lowest BCUT2D eigenvalue weighted by Gasteiger charge is -2.29. The van der Waals surface area contributed by atoms with E-state index >= 15 is 0 Å². The molecule has 82 valence electrons. The molecule has 0 aromatic carbocycles. The number of fused-ring (bicyclic) bond motifs is 4. The molecule has 4 heteroatoms. The molecule has 1 aromatic rings. The monoisotopic (exact) mass is 223 g/mol. The minimum atomic E-state index is 0.656. The van der Waals surface area contributed by atoms with Crippen molar-refractivity contribution in [1.82, 2.24) is 9.88 Å². The topological polar surface area (TPSA) is 28.2 Å². The lowest BCUT2D eigenvalue weighted by Crippen LogP contribution is -2.33. The second-order valence-electron chi connectivity index (χ2n) is 4.48. The number of anilines is 1. The minimum Gasteiger partial charge on any atom is -0.362 e. The molecule has 0 spiro atoms. The fourth-order valence-corrected chi connectivity index (χ4v) is 4.04. The molecule has 2 atom stereocenters. The predicted molar refractivity (Wildman–Crippen MR) is 63.5 cm³/mol. The average Bonchev–Trinajstić information content (AvgIpc) is 2.70. The zero-order valence-corrected chi connectivity index (χ0v) is 10.1. The largest absolute Gasteiger partial charge is 0.362 e. The number of nitrogens with one attached hydrogen (secondary N) is 1. The first kappa shape index (κ1) is 9.60. The predicted octanol–water partition coefficient (Wildman–Crippen LogP) is 2.27. The number of rotatable bonds is 2. The van der Waals surface area contributed by atoms with E-state index in [9.17, 15) is 0 Å². The summed E-state index contributed by atoms with van der Waals surface area (Å²) in [5, 5.41) is 4.44. The molecule has 0 aliphatic carbocycles. The highest BCUT2D eigenvalue weighted by molar-refractivity contribution is 7.15. The van der Waals surface area contributed by atoms with Gasteiger partial charge < -0.3 is 5.32 Å². The average molecular weight is 223 g/mol. The van der Waals surface area contributed by atoms with Gasteiger partial charge in [0.2, 0.25) is 0 Å². The van der Waals surface area contributed by atoms with Gasteiger partial charge in [0.1, 0.15) is 0 Å². The number of aromatic nitrogens is 1. The second-order valence-corrected chi connectivity index (χ2v) is 5.51. The Balaban J connectivity index is 1.96. The van der Waals surface area contributed by atoms with Crippen LogP contribution in [0.15, 0.2) is 0 Å². The third-order valence-electron chi connectivity index (χ3n) is 3.63. The summed E-state index contributed by atoms with van der Waals surface area (Å²) in [7, 11) is 2.26. The van der Waals surface area contributed by atoms with Crippen LogP contribution in [0.5, 0.6) is 0 Å². The van der Waals surface area contributed by atoms with Gasteiger partial charge in [0.25, 0.3) is 0 Å². The van der Waals surface area contributed by atoms with Crippen molar-refractivity contribution in [2.45, 2.75) is 38.3 Å². The van der Waals surface area contributed by atoms with Crippen molar-refractivity contribution < 1.29 is 0 Å². The van der Waals surface area contributed by atoms with Crippen LogP contribution >= 0.6 is 11.3 Å². The van der Waals surface area contributed by atoms with Crippen molar-refractivity contribution in [2.75, 3.05) is 18.9 Å². The van der Waals surface area contributed by atoms with Crippen LogP contribution in [-0.4, -0.2) is 29.5 Å². The first-order valence-corrected chi connectivity index (χ1v) is 6.56. The Morgan fingerprint density at radius 2 is 2.40 bits per heavy atom.